The molecule has 3 nitrogen and oxygen atoms in total. The average Bonchev–Trinajstić information content (AvgIpc) is 0.683. The van der Waals surface area contributed by atoms with Gasteiger partial charge in [-0.2, -0.15) is 0 Å². The van der Waals surface area contributed by atoms with E-state index in [0.717, 1.165) is 212 Å². The molecule has 0 atom stereocenters. The van der Waals surface area contributed by atoms with Gasteiger partial charge in [0, 0.05) is 56.4 Å². The predicted octanol–water partition coefficient (Wildman–Crippen LogP) is 35.9. The minimum atomic E-state index is -0.397. The van der Waals surface area contributed by atoms with Gasteiger partial charge < -0.3 is 14.7 Å². The van der Waals surface area contributed by atoms with Crippen molar-refractivity contribution in [3.63, 3.8) is 0 Å². The molecule has 0 radical (unpaired) electrons. The Bertz CT molecular complexity index is 7780. The minimum Gasteiger partial charge on any atom is -0.310 e. The Hall–Kier alpha value is -18.5. The largest absolute Gasteiger partial charge is 0.310 e. The van der Waals surface area contributed by atoms with Crippen LogP contribution in [0.25, 0.3) is 178 Å². The van der Waals surface area contributed by atoms with Gasteiger partial charge in [0.05, 0.1) is 17.1 Å². The number of hydrogen-bond acceptors (Lipinski definition) is 3. The van der Waals surface area contributed by atoms with Gasteiger partial charge in [0.2, 0.25) is 0 Å². The first-order chi connectivity index (χ1) is 70.4. The van der Waals surface area contributed by atoms with Crippen molar-refractivity contribution in [3.05, 3.63) is 570 Å². The van der Waals surface area contributed by atoms with Gasteiger partial charge in [0.25, 0.3) is 6.71 Å². The Morgan fingerprint density at radius 3 is 0.535 bits per heavy atom. The second kappa shape index (κ2) is 37.5. The lowest BCUT2D eigenvalue weighted by Gasteiger charge is -2.46. The Morgan fingerprint density at radius 1 is 0.127 bits per heavy atom. The van der Waals surface area contributed by atoms with Crippen molar-refractivity contribution >= 4 is 74.3 Å². The quantitative estimate of drug-likeness (QED) is 0.0664. The van der Waals surface area contributed by atoms with E-state index < -0.39 is 6.71 Å². The van der Waals surface area contributed by atoms with Gasteiger partial charge in [0.15, 0.2) is 0 Å². The fourth-order valence-electron chi connectivity index (χ4n) is 21.5. The van der Waals surface area contributed by atoms with Gasteiger partial charge in [-0.3, -0.25) is 0 Å². The summed E-state index contributed by atoms with van der Waals surface area (Å²) in [6.45, 7) is -0.397. The molecule has 0 saturated heterocycles. The maximum Gasteiger partial charge on any atom is 0.252 e. The highest BCUT2D eigenvalue weighted by Gasteiger charge is 2.47. The van der Waals surface area contributed by atoms with Gasteiger partial charge in [0.1, 0.15) is 0 Å². The molecule has 2 heterocycles. The van der Waals surface area contributed by atoms with E-state index in [9.17, 15) is 0 Å². The lowest BCUT2D eigenvalue weighted by atomic mass is 9.33. The minimum absolute atomic E-state index is 0.397. The molecule has 23 aromatic carbocycles. The third-order valence-corrected chi connectivity index (χ3v) is 28.4. The van der Waals surface area contributed by atoms with E-state index in [0.29, 0.717) is 0 Å². The van der Waals surface area contributed by atoms with Crippen molar-refractivity contribution in [1.82, 2.24) is 0 Å². The number of benzene rings is 23. The molecular weight excluding hydrogens is 1710 g/mol. The first kappa shape index (κ1) is 85.2. The molecule has 664 valence electrons. The first-order valence-corrected chi connectivity index (χ1v) is 49.0. The lowest BCUT2D eigenvalue weighted by Crippen LogP contribution is -2.61. The molecule has 0 saturated carbocycles. The van der Waals surface area contributed by atoms with Crippen molar-refractivity contribution < 1.29 is 0 Å². The molecule has 0 spiro atoms. The van der Waals surface area contributed by atoms with Gasteiger partial charge in [-0.05, 0) is 281 Å². The fourth-order valence-corrected chi connectivity index (χ4v) is 21.5. The second-order valence-corrected chi connectivity index (χ2v) is 37.0. The number of nitrogens with zero attached hydrogens (tertiary/aromatic N) is 3. The van der Waals surface area contributed by atoms with E-state index in [-0.39, 0.29) is 0 Å². The monoisotopic (exact) mass is 1800 g/mol. The normalized spacial score (nSPS) is 11.8. The molecular formula is C138H94BN3. The van der Waals surface area contributed by atoms with Crippen LogP contribution in [0.3, 0.4) is 0 Å². The Balaban J connectivity index is 0.822. The first-order valence-electron chi connectivity index (χ1n) is 49.0. The summed E-state index contributed by atoms with van der Waals surface area (Å²) in [5.41, 5.74) is 48.4. The number of hydrogen-bond donors (Lipinski definition) is 0. The Morgan fingerprint density at radius 2 is 0.303 bits per heavy atom. The number of anilines is 9. The average molecular weight is 1810 g/mol. The highest BCUT2D eigenvalue weighted by molar-refractivity contribution is 7.00. The Labute approximate surface area is 831 Å². The second-order valence-electron chi connectivity index (χ2n) is 37.0. The molecule has 4 heteroatoms. The van der Waals surface area contributed by atoms with Gasteiger partial charge in [-0.25, -0.2) is 0 Å². The molecule has 0 bridgehead atoms. The summed E-state index contributed by atoms with van der Waals surface area (Å²) < 4.78 is 0. The van der Waals surface area contributed by atoms with Gasteiger partial charge >= 0.3 is 0 Å². The molecule has 0 aromatic heterocycles. The van der Waals surface area contributed by atoms with Gasteiger partial charge in [-0.15, -0.1) is 0 Å². The maximum absolute atomic E-state index is 2.71. The van der Waals surface area contributed by atoms with Crippen LogP contribution < -0.4 is 31.1 Å². The molecule has 0 amide bonds. The van der Waals surface area contributed by atoms with E-state index in [2.05, 4.69) is 585 Å². The molecule has 142 heavy (non-hydrogen) atoms. The zero-order valence-corrected chi connectivity index (χ0v) is 78.2. The van der Waals surface area contributed by atoms with Crippen LogP contribution in [0.15, 0.2) is 570 Å². The molecule has 0 aliphatic carbocycles. The Kier molecular flexibility index (Phi) is 22.5. The van der Waals surface area contributed by atoms with Crippen molar-refractivity contribution in [2.75, 3.05) is 14.7 Å². The predicted molar refractivity (Wildman–Crippen MR) is 602 cm³/mol. The maximum atomic E-state index is 2.71. The van der Waals surface area contributed by atoms with E-state index in [1.165, 1.54) is 33.2 Å². The summed E-state index contributed by atoms with van der Waals surface area (Å²) in [5.74, 6) is 0. The van der Waals surface area contributed by atoms with Crippen molar-refractivity contribution in [2.24, 2.45) is 0 Å². The van der Waals surface area contributed by atoms with Crippen LogP contribution in [-0.4, -0.2) is 6.71 Å². The lowest BCUT2D eigenvalue weighted by molar-refractivity contribution is 1.23. The van der Waals surface area contributed by atoms with Crippen LogP contribution in [-0.2, 0) is 0 Å². The number of fused-ring (bicyclic) bond motifs is 4. The molecule has 0 fully saturated rings. The third kappa shape index (κ3) is 16.5. The standard InChI is InChI=1S/C138H94BN3/c1-13-37-95(38-14-1)103-61-65-105(66-62-103)107-69-75-123(76-70-107)140(124-77-71-108(72-78-124)106-67-63-104(64-68-106)96-39-15-2-16-40-96)125-93-134-136-135(94-125)142(138-128(111-57-33-11-34-58-111)89-122(90-129(138)112-59-35-12-36-60-112)120-85-117(101-49-25-7-26-50-101)82-118(86-120)102-51-27-8-28-52-102)133-80-74-114(98-43-19-4-20-44-98)92-131(133)139(136)130-91-113(97-41-17-3-18-42-97)73-79-132(130)141(134)137-126(109-53-29-9-30-54-109)87-121(88-127(137)110-55-31-10-32-56-110)119-83-115(99-45-21-5-22-46-99)81-116(84-119)100-47-23-6-24-48-100/h1-94H. The number of rotatable bonds is 21. The highest BCUT2D eigenvalue weighted by atomic mass is 15.2. The zero-order chi connectivity index (χ0) is 94.2. The molecule has 2 aliphatic heterocycles. The summed E-state index contributed by atoms with van der Waals surface area (Å²) in [6.07, 6.45) is 0. The summed E-state index contributed by atoms with van der Waals surface area (Å²) in [4.78, 5) is 7.95. The van der Waals surface area contributed by atoms with Crippen LogP contribution in [0.5, 0.6) is 0 Å². The molecule has 0 unspecified atom stereocenters. The SMILES string of the molecule is c1ccc(-c2ccc(-c3ccc(N(c4ccc(-c5ccc(-c6ccccc6)cc5)cc4)c4cc5c6c(c4)N(c4c(-c7ccccc7)cc(-c7cc(-c8ccccc8)cc(-c8ccccc8)c7)cc4-c4ccccc4)c4ccc(-c7ccccc7)cc4B6c4cc(-c6ccccc6)ccc4N5c4c(-c5ccccc5)cc(-c5cc(-c6ccccc6)cc(-c6ccccc6)c5)cc4-c4ccccc4)cc3)cc2)cc1. The van der Waals surface area contributed by atoms with Crippen LogP contribution >= 0.6 is 0 Å². The fraction of sp³-hybridized carbons (Fsp3) is 0. The molecule has 25 rings (SSSR count). The highest BCUT2D eigenvalue weighted by Crippen LogP contribution is 2.57. The van der Waals surface area contributed by atoms with E-state index >= 15 is 0 Å². The smallest absolute Gasteiger partial charge is 0.252 e. The van der Waals surface area contributed by atoms with E-state index in [1.54, 1.807) is 0 Å². The third-order valence-electron chi connectivity index (χ3n) is 28.4. The van der Waals surface area contributed by atoms with Crippen LogP contribution in [0.2, 0.25) is 0 Å². The molecule has 0 N–H and O–H groups in total. The van der Waals surface area contributed by atoms with Crippen molar-refractivity contribution in [3.8, 4) is 178 Å². The van der Waals surface area contributed by atoms with E-state index in [4.69, 9.17) is 0 Å². The van der Waals surface area contributed by atoms with Crippen molar-refractivity contribution in [2.45, 2.75) is 0 Å². The van der Waals surface area contributed by atoms with Crippen LogP contribution in [0, 0.1) is 0 Å². The summed E-state index contributed by atoms with van der Waals surface area (Å²) in [7, 11) is 0. The summed E-state index contributed by atoms with van der Waals surface area (Å²) in [5, 5.41) is 0. The zero-order valence-electron chi connectivity index (χ0n) is 78.2. The summed E-state index contributed by atoms with van der Waals surface area (Å²) in [6, 6.07) is 213. The van der Waals surface area contributed by atoms with Crippen LogP contribution in [0.4, 0.5) is 51.2 Å². The molecule has 2 aliphatic rings. The molecule has 23 aromatic rings. The van der Waals surface area contributed by atoms with Gasteiger partial charge in [-0.1, -0.05) is 461 Å². The van der Waals surface area contributed by atoms with E-state index in [1.807, 2.05) is 0 Å². The topological polar surface area (TPSA) is 9.72 Å². The van der Waals surface area contributed by atoms with Crippen LogP contribution in [0.1, 0.15) is 0 Å². The van der Waals surface area contributed by atoms with Crippen molar-refractivity contribution in [1.29, 1.82) is 0 Å². The summed E-state index contributed by atoms with van der Waals surface area (Å²) >= 11 is 0.